The van der Waals surface area contributed by atoms with Crippen molar-refractivity contribution in [3.63, 3.8) is 0 Å². The lowest BCUT2D eigenvalue weighted by Gasteiger charge is -2.35. The number of carbonyl (C=O) groups is 16. The van der Waals surface area contributed by atoms with Crippen LogP contribution in [-0.2, 0) is 137 Å². The molecule has 808 valence electrons. The molecule has 0 saturated carbocycles. The van der Waals surface area contributed by atoms with E-state index in [-0.39, 0.29) is 81.7 Å². The molecule has 4 aliphatic heterocycles. The SMILES string of the molecule is CC[C@H](C)[C@H]1NC(=O)[C@@H](OC(=O)[C@@H](CC(C)C)N(C)S(C)(=O)=O)[C@@H](C)OC(=O)[C@H](Cc2ccc(OC)cc2)N(C)C(=O)[C@@H]2CCCN2C(=O)[C@H](CC(C)C)NC(=O)[C@@H](C)C(=O)[C@H](C(C)C)OC(=O)C[C@@H]1O.CC[C@H](C)[C@H]1NC(=O)[C@@H](OC(=O)[C@@H](CC(C)C)NC)[C@@H](C)OC(=O)[C@H](Cc2ccc(OC)cc2)N(C)C(=O)[C@@H]2CCCN2C(=O)[C@H](CC(C)C)NC(=O)[C@@H](C)C(=O)[C@H](C(C)C)OC(=O)C[C@@H]1O.CS(=O)(=O)Cl. The molecule has 0 bridgehead atoms. The number of nitrogens with zero attached hydrogens (tertiary/aromatic N) is 5. The van der Waals surface area contributed by atoms with Crippen molar-refractivity contribution in [1.82, 2.24) is 50.5 Å². The Labute approximate surface area is 847 Å². The van der Waals surface area contributed by atoms with Crippen LogP contribution in [0.15, 0.2) is 48.5 Å². The Hall–Kier alpha value is -10.0. The maximum Gasteiger partial charge on any atom is 0.329 e. The Morgan fingerprint density at radius 1 is 0.503 bits per heavy atom. The molecule has 0 aliphatic carbocycles. The molecule has 0 spiro atoms. The van der Waals surface area contributed by atoms with Crippen molar-refractivity contribution in [2.24, 2.45) is 59.2 Å². The molecule has 8 amide bonds. The smallest absolute Gasteiger partial charge is 0.329 e. The summed E-state index contributed by atoms with van der Waals surface area (Å²) in [5.41, 5.74) is 1.18. The average Bonchev–Trinajstić information content (AvgIpc) is 1.67. The molecule has 6 rings (SSSR count). The number of esters is 6. The van der Waals surface area contributed by atoms with Crippen LogP contribution in [0.2, 0.25) is 0 Å². The number of Topliss-reactive ketones (excluding diaryl/α,β-unsaturated/α-hetero) is 2. The molecule has 4 saturated heterocycles. The van der Waals surface area contributed by atoms with Gasteiger partial charge in [-0.25, -0.2) is 26.4 Å². The summed E-state index contributed by atoms with van der Waals surface area (Å²) in [4.78, 5) is 233. The molecule has 143 heavy (non-hydrogen) atoms. The van der Waals surface area contributed by atoms with Gasteiger partial charge in [0.25, 0.3) is 11.8 Å². The molecular weight excluding hydrogens is 1920 g/mol. The number of ether oxygens (including phenoxy) is 8. The number of carbonyl (C=O) groups excluding carboxylic acids is 16. The lowest BCUT2D eigenvalue weighted by atomic mass is 9.91. The normalized spacial score (nSPS) is 27.0. The third kappa shape index (κ3) is 38.1. The minimum absolute atomic E-state index is 0.0279. The van der Waals surface area contributed by atoms with E-state index in [0.717, 1.165) is 21.7 Å². The highest BCUT2D eigenvalue weighted by atomic mass is 35.7. The number of amides is 8. The Morgan fingerprint density at radius 2 is 0.839 bits per heavy atom. The first-order valence-electron chi connectivity index (χ1n) is 49.2. The van der Waals surface area contributed by atoms with Crippen LogP contribution in [0.4, 0.5) is 0 Å². The molecule has 40 nitrogen and oxygen atoms in total. The summed E-state index contributed by atoms with van der Waals surface area (Å²) in [7, 11) is 5.85. The summed E-state index contributed by atoms with van der Waals surface area (Å²) < 4.78 is 90.9. The molecule has 7 N–H and O–H groups in total. The quantitative estimate of drug-likeness (QED) is 0.0229. The number of nitrogens with one attached hydrogen (secondary N) is 5. The van der Waals surface area contributed by atoms with Crippen LogP contribution < -0.4 is 36.1 Å². The first kappa shape index (κ1) is 125. The van der Waals surface area contributed by atoms with E-state index in [1.165, 1.54) is 77.8 Å². The third-order valence-corrected chi connectivity index (χ3v) is 27.3. The number of aliphatic hydroxyl groups is 2. The van der Waals surface area contributed by atoms with Crippen LogP contribution in [0.1, 0.15) is 227 Å². The van der Waals surface area contributed by atoms with Gasteiger partial charge in [-0.05, 0) is 169 Å². The number of likely N-dealkylation sites (N-methyl/N-ethyl adjacent to an activating group) is 4. The molecule has 0 aromatic heterocycles. The number of halogens is 1. The van der Waals surface area contributed by atoms with Gasteiger partial charge in [-0.3, -0.25) is 67.1 Å². The molecular formula is C100H159ClN10O30S2. The van der Waals surface area contributed by atoms with Gasteiger partial charge in [0.05, 0.1) is 75.7 Å². The number of cyclic esters (lactones) is 4. The van der Waals surface area contributed by atoms with E-state index in [9.17, 15) is 104 Å². The summed E-state index contributed by atoms with van der Waals surface area (Å²) in [5.74, 6) is -17.8. The van der Waals surface area contributed by atoms with Crippen LogP contribution in [0.25, 0.3) is 0 Å². The number of aliphatic hydroxyl groups excluding tert-OH is 2. The Morgan fingerprint density at radius 3 is 1.13 bits per heavy atom. The van der Waals surface area contributed by atoms with E-state index >= 15 is 0 Å². The minimum atomic E-state index is -4.00. The maximum absolute atomic E-state index is 14.7. The molecule has 4 aliphatic rings. The first-order chi connectivity index (χ1) is 66.5. The number of methoxy groups -OCH3 is 2. The van der Waals surface area contributed by atoms with Crippen molar-refractivity contribution < 1.29 is 142 Å². The fourth-order valence-electron chi connectivity index (χ4n) is 17.1. The number of ketones is 2. The molecule has 4 fully saturated rings. The van der Waals surface area contributed by atoms with Crippen LogP contribution >= 0.6 is 10.7 Å². The van der Waals surface area contributed by atoms with Gasteiger partial charge >= 0.3 is 35.8 Å². The highest BCUT2D eigenvalue weighted by molar-refractivity contribution is 8.13. The molecule has 43 heteroatoms. The van der Waals surface area contributed by atoms with E-state index in [4.69, 9.17) is 37.9 Å². The fraction of sp³-hybridized carbons (Fsp3) is 0.720. The fourth-order valence-corrected chi connectivity index (χ4v) is 17.8. The van der Waals surface area contributed by atoms with Gasteiger partial charge < -0.3 is 94.3 Å². The van der Waals surface area contributed by atoms with Crippen molar-refractivity contribution in [2.75, 3.05) is 68.0 Å². The Kier molecular flexibility index (Phi) is 50.6. The summed E-state index contributed by atoms with van der Waals surface area (Å²) in [6, 6.07) is 1.63. The van der Waals surface area contributed by atoms with E-state index in [0.29, 0.717) is 54.7 Å². The maximum atomic E-state index is 14.7. The van der Waals surface area contributed by atoms with Crippen molar-refractivity contribution >= 4 is 124 Å². The van der Waals surface area contributed by atoms with Gasteiger partial charge in [-0.2, -0.15) is 4.31 Å². The number of sulfonamides is 1. The van der Waals surface area contributed by atoms with Gasteiger partial charge in [-0.1, -0.05) is 148 Å². The number of hydrogen-bond donors (Lipinski definition) is 7. The van der Waals surface area contributed by atoms with E-state index < -0.39 is 271 Å². The largest absolute Gasteiger partial charge is 0.497 e. The zero-order valence-electron chi connectivity index (χ0n) is 88.4. The van der Waals surface area contributed by atoms with Gasteiger partial charge in [0.15, 0.2) is 23.8 Å². The van der Waals surface area contributed by atoms with E-state index in [1.807, 2.05) is 48.5 Å². The number of hydrogen-bond acceptors (Lipinski definition) is 31. The number of benzene rings is 2. The van der Waals surface area contributed by atoms with Gasteiger partial charge in [0, 0.05) is 57.8 Å². The minimum Gasteiger partial charge on any atom is -0.497 e. The Bertz CT molecular complexity index is 4860. The van der Waals surface area contributed by atoms with E-state index in [1.54, 1.807) is 118 Å². The molecule has 2 aromatic rings. The highest BCUT2D eigenvalue weighted by Crippen LogP contribution is 2.32. The highest BCUT2D eigenvalue weighted by Gasteiger charge is 2.50. The topological polar surface area (TPSA) is 532 Å². The van der Waals surface area contributed by atoms with Gasteiger partial charge in [0.2, 0.25) is 66.7 Å². The molecule has 2 aromatic carbocycles. The molecule has 0 radical (unpaired) electrons. The van der Waals surface area contributed by atoms with Crippen molar-refractivity contribution in [3.05, 3.63) is 59.7 Å². The predicted octanol–water partition coefficient (Wildman–Crippen LogP) is 6.12. The summed E-state index contributed by atoms with van der Waals surface area (Å²) in [6.07, 6.45) is -10.1. The Balaban J connectivity index is 0.000000570. The lowest BCUT2D eigenvalue weighted by Crippen LogP contribution is -2.57. The summed E-state index contributed by atoms with van der Waals surface area (Å²) in [5, 5.41) is 37.1. The van der Waals surface area contributed by atoms with Crippen LogP contribution in [0, 0.1) is 59.2 Å². The lowest BCUT2D eigenvalue weighted by molar-refractivity contribution is -0.177. The number of rotatable bonds is 27. The molecule has 22 atom stereocenters. The van der Waals surface area contributed by atoms with Crippen LogP contribution in [0.3, 0.4) is 0 Å². The first-order valence-corrected chi connectivity index (χ1v) is 53.8. The van der Waals surface area contributed by atoms with Gasteiger partial charge in [-0.15, -0.1) is 0 Å². The van der Waals surface area contributed by atoms with Crippen molar-refractivity contribution in [2.45, 2.75) is 338 Å². The second-order valence-corrected chi connectivity index (χ2v) is 45.4. The second kappa shape index (κ2) is 57.8. The third-order valence-electron chi connectivity index (χ3n) is 26.0. The predicted molar refractivity (Wildman–Crippen MR) is 530 cm³/mol. The molecule has 0 unspecified atom stereocenters. The second-order valence-electron chi connectivity index (χ2n) is 40.3. The van der Waals surface area contributed by atoms with E-state index in [2.05, 4.69) is 37.3 Å². The van der Waals surface area contributed by atoms with Gasteiger partial charge in [0.1, 0.15) is 72.0 Å². The summed E-state index contributed by atoms with van der Waals surface area (Å²) in [6.45, 7) is 33.8. The number of fused-ring (bicyclic) bond motifs is 2. The van der Waals surface area contributed by atoms with Crippen molar-refractivity contribution in [3.8, 4) is 11.5 Å². The zero-order valence-corrected chi connectivity index (χ0v) is 90.7. The van der Waals surface area contributed by atoms with Crippen LogP contribution in [0.5, 0.6) is 11.5 Å². The molecule has 4 heterocycles. The summed E-state index contributed by atoms with van der Waals surface area (Å²) >= 11 is 0. The average molecular weight is 2080 g/mol. The monoisotopic (exact) mass is 2080 g/mol. The standard InChI is InChI=1S/C50H79N5O15S.C49H77N5O13.CH3ClO2S/c1-15-30(8)41-39(56)26-40(57)69-43(29(6)7)42(58)31(9)45(59)51-35(23-27(2)3)47(61)55-22-16-17-36(55)48(62)53(11)37(25-33-18-20-34(67-13)21-19-33)49(63)68-32(10)44(46(60)52-41)70-50(64)38(24-28(4)5)54(12)71(14,65)66;1-14-29(8)40-38(55)25-39(56)66-42(28(6)7)41(57)30(9)44(58)51-34(22-26(2)3)46(60)54-21-15-16-36(54)47(61)53(12)37(24-32-17-19-33(64-13)20-18-32)49(63)65-31(10)43(45(59)52-40)67-48(62)35(50-11)23-27(4)5;1-5(2,3)4/h18-21,27-32,35-39,41,43-44,56H,15-17,22-26H2,1-14H3,(H,51,59)(H,52,60);17-20,26-31,34-38,40,42-43,50,55H,14-16,21-25H2,1-13H3,(H,51,58)(H,52,59);1H3/t30-,31-,32+,35-,36-,37-,38+,39-,41+,43-,44-;29-,30-,31+,34-,35+,36-,37-,38-,40+,42-,43-;/m00./s1. The van der Waals surface area contributed by atoms with Crippen LogP contribution in [-0.4, -0.2) is 323 Å². The van der Waals surface area contributed by atoms with Crippen molar-refractivity contribution in [1.29, 1.82) is 0 Å². The zero-order chi connectivity index (χ0) is 109.